The van der Waals surface area contributed by atoms with Gasteiger partial charge in [0.15, 0.2) is 14.6 Å². The molecule has 0 bridgehead atoms. The largest absolute Gasteiger partial charge is 0.334 e. The van der Waals surface area contributed by atoms with E-state index >= 15 is 0 Å². The van der Waals surface area contributed by atoms with Crippen molar-refractivity contribution in [2.45, 2.75) is 61.1 Å². The van der Waals surface area contributed by atoms with Gasteiger partial charge in [-0.25, -0.2) is 13.4 Å². The lowest BCUT2D eigenvalue weighted by molar-refractivity contribution is -0.118. The van der Waals surface area contributed by atoms with Crippen molar-refractivity contribution in [2.75, 3.05) is 5.32 Å². The van der Waals surface area contributed by atoms with E-state index in [-0.39, 0.29) is 4.90 Å². The SMILES string of the molecule is O=C(Nc1cccc(-c2cn3c(n2)CCCC3)c1)C1(S(=O)(=O)c2ccccc2)CCCC1. The van der Waals surface area contributed by atoms with Gasteiger partial charge >= 0.3 is 0 Å². The molecule has 3 aromatic rings. The molecule has 6 nitrogen and oxygen atoms in total. The summed E-state index contributed by atoms with van der Waals surface area (Å²) >= 11 is 0. The summed E-state index contributed by atoms with van der Waals surface area (Å²) in [5.74, 6) is 0.652. The number of nitrogens with one attached hydrogen (secondary N) is 1. The maximum Gasteiger partial charge on any atom is 0.246 e. The average molecular weight is 450 g/mol. The van der Waals surface area contributed by atoms with Gasteiger partial charge in [-0.05, 0) is 49.9 Å². The van der Waals surface area contributed by atoms with Gasteiger partial charge in [0.1, 0.15) is 5.82 Å². The van der Waals surface area contributed by atoms with Crippen LogP contribution in [-0.2, 0) is 27.6 Å². The summed E-state index contributed by atoms with van der Waals surface area (Å²) in [6.07, 6.45) is 7.48. The highest BCUT2D eigenvalue weighted by Crippen LogP contribution is 2.41. The molecule has 0 spiro atoms. The third-order valence-corrected chi connectivity index (χ3v) is 9.23. The number of amides is 1. The highest BCUT2D eigenvalue weighted by atomic mass is 32.2. The lowest BCUT2D eigenvalue weighted by Crippen LogP contribution is -2.47. The molecule has 0 saturated heterocycles. The first-order chi connectivity index (χ1) is 15.5. The summed E-state index contributed by atoms with van der Waals surface area (Å²) in [5, 5.41) is 2.92. The maximum atomic E-state index is 13.5. The topological polar surface area (TPSA) is 81.1 Å². The number of hydrogen-bond donors (Lipinski definition) is 1. The van der Waals surface area contributed by atoms with Crippen LogP contribution in [0.1, 0.15) is 44.3 Å². The molecule has 2 heterocycles. The van der Waals surface area contributed by atoms with Crippen molar-refractivity contribution in [3.8, 4) is 11.3 Å². The number of sulfone groups is 1. The van der Waals surface area contributed by atoms with E-state index in [1.165, 1.54) is 0 Å². The molecule has 166 valence electrons. The second kappa shape index (κ2) is 8.20. The first-order valence-corrected chi connectivity index (χ1v) is 12.8. The monoisotopic (exact) mass is 449 g/mol. The molecule has 32 heavy (non-hydrogen) atoms. The van der Waals surface area contributed by atoms with Crippen molar-refractivity contribution >= 4 is 21.4 Å². The molecule has 2 aliphatic rings. The Morgan fingerprint density at radius 2 is 1.75 bits per heavy atom. The van der Waals surface area contributed by atoms with Gasteiger partial charge in [0, 0.05) is 30.4 Å². The highest BCUT2D eigenvalue weighted by molar-refractivity contribution is 7.93. The standard InChI is InChI=1S/C25H27N3O3S/c29-24(25(14-5-6-15-25)32(30,31)21-11-2-1-3-12-21)26-20-10-8-9-19(17-20)22-18-28-16-7-4-13-23(28)27-22/h1-3,8-12,17-18H,4-7,13-16H2,(H,26,29). The summed E-state index contributed by atoms with van der Waals surface area (Å²) in [4.78, 5) is 18.4. The predicted octanol–water partition coefficient (Wildman–Crippen LogP) is 4.61. The van der Waals surface area contributed by atoms with E-state index in [1.807, 2.05) is 18.2 Å². The van der Waals surface area contributed by atoms with Crippen LogP contribution < -0.4 is 5.32 Å². The van der Waals surface area contributed by atoms with Crippen LogP contribution >= 0.6 is 0 Å². The van der Waals surface area contributed by atoms with Gasteiger partial charge in [-0.2, -0.15) is 0 Å². The fraction of sp³-hybridized carbons (Fsp3) is 0.360. The van der Waals surface area contributed by atoms with Crippen LogP contribution in [0.15, 0.2) is 65.7 Å². The Balaban J connectivity index is 1.44. The van der Waals surface area contributed by atoms with Gasteiger partial charge in [0.05, 0.1) is 10.6 Å². The molecule has 7 heteroatoms. The van der Waals surface area contributed by atoms with Crippen LogP contribution in [0.2, 0.25) is 0 Å². The highest BCUT2D eigenvalue weighted by Gasteiger charge is 2.52. The first kappa shape index (κ1) is 20.9. The smallest absolute Gasteiger partial charge is 0.246 e. The molecule has 1 amide bonds. The van der Waals surface area contributed by atoms with E-state index in [0.29, 0.717) is 18.5 Å². The Labute approximate surface area is 188 Å². The van der Waals surface area contributed by atoms with Crippen LogP contribution in [0.5, 0.6) is 0 Å². The number of anilines is 1. The van der Waals surface area contributed by atoms with Gasteiger partial charge in [-0.15, -0.1) is 0 Å². The molecule has 5 rings (SSSR count). The number of benzene rings is 2. The number of imidazole rings is 1. The molecule has 1 N–H and O–H groups in total. The molecular weight excluding hydrogens is 422 g/mol. The summed E-state index contributed by atoms with van der Waals surface area (Å²) in [6.45, 7) is 0.985. The molecule has 2 aromatic carbocycles. The predicted molar refractivity (Wildman–Crippen MR) is 124 cm³/mol. The summed E-state index contributed by atoms with van der Waals surface area (Å²) in [5.41, 5.74) is 2.38. The van der Waals surface area contributed by atoms with Crippen molar-refractivity contribution in [3.05, 3.63) is 66.6 Å². The van der Waals surface area contributed by atoms with Gasteiger partial charge in [-0.3, -0.25) is 4.79 Å². The molecule has 1 aliphatic heterocycles. The van der Waals surface area contributed by atoms with Crippen molar-refractivity contribution in [3.63, 3.8) is 0 Å². The molecule has 0 radical (unpaired) electrons. The second-order valence-corrected chi connectivity index (χ2v) is 11.0. The van der Waals surface area contributed by atoms with E-state index in [1.54, 1.807) is 36.4 Å². The van der Waals surface area contributed by atoms with Gasteiger partial charge < -0.3 is 9.88 Å². The minimum atomic E-state index is -3.81. The Morgan fingerprint density at radius 1 is 0.969 bits per heavy atom. The van der Waals surface area contributed by atoms with Crippen molar-refractivity contribution < 1.29 is 13.2 Å². The van der Waals surface area contributed by atoms with Crippen LogP contribution in [0.25, 0.3) is 11.3 Å². The van der Waals surface area contributed by atoms with Crippen molar-refractivity contribution in [1.82, 2.24) is 9.55 Å². The van der Waals surface area contributed by atoms with Gasteiger partial charge in [-0.1, -0.05) is 43.2 Å². The maximum absolute atomic E-state index is 13.5. The summed E-state index contributed by atoms with van der Waals surface area (Å²) in [7, 11) is -3.81. The van der Waals surface area contributed by atoms with E-state index in [9.17, 15) is 13.2 Å². The molecule has 1 aromatic heterocycles. The van der Waals surface area contributed by atoms with Gasteiger partial charge in [0.25, 0.3) is 0 Å². The number of fused-ring (bicyclic) bond motifs is 1. The fourth-order valence-corrected chi connectivity index (χ4v) is 7.03. The van der Waals surface area contributed by atoms with Crippen LogP contribution in [0.3, 0.4) is 0 Å². The van der Waals surface area contributed by atoms with Crippen LogP contribution in [0, 0.1) is 0 Å². The molecule has 1 aliphatic carbocycles. The zero-order valence-electron chi connectivity index (χ0n) is 18.0. The second-order valence-electron chi connectivity index (χ2n) is 8.75. The number of carbonyl (C=O) groups is 1. The lowest BCUT2D eigenvalue weighted by Gasteiger charge is -2.27. The first-order valence-electron chi connectivity index (χ1n) is 11.3. The number of nitrogens with zero attached hydrogens (tertiary/aromatic N) is 2. The van der Waals surface area contributed by atoms with Crippen LogP contribution in [0.4, 0.5) is 5.69 Å². The van der Waals surface area contributed by atoms with Crippen molar-refractivity contribution in [1.29, 1.82) is 0 Å². The van der Waals surface area contributed by atoms with Crippen molar-refractivity contribution in [2.24, 2.45) is 0 Å². The molecular formula is C25H27N3O3S. The normalized spacial score (nSPS) is 17.6. The number of aryl methyl sites for hydroxylation is 2. The van der Waals surface area contributed by atoms with E-state index < -0.39 is 20.5 Å². The molecule has 1 fully saturated rings. The summed E-state index contributed by atoms with van der Waals surface area (Å²) in [6, 6.07) is 15.8. The van der Waals surface area contributed by atoms with Gasteiger partial charge in [0.2, 0.25) is 5.91 Å². The van der Waals surface area contributed by atoms with E-state index in [4.69, 9.17) is 4.98 Å². The number of rotatable bonds is 5. The molecule has 0 unspecified atom stereocenters. The minimum Gasteiger partial charge on any atom is -0.334 e. The third-order valence-electron chi connectivity index (χ3n) is 6.72. The number of hydrogen-bond acceptors (Lipinski definition) is 4. The Bertz CT molecular complexity index is 1220. The Kier molecular flexibility index (Phi) is 5.37. The third kappa shape index (κ3) is 3.54. The number of carbonyl (C=O) groups excluding carboxylic acids is 1. The van der Waals surface area contributed by atoms with E-state index in [2.05, 4.69) is 16.1 Å². The minimum absolute atomic E-state index is 0.203. The molecule has 0 atom stereocenters. The zero-order valence-corrected chi connectivity index (χ0v) is 18.8. The quantitative estimate of drug-likeness (QED) is 0.617. The average Bonchev–Trinajstić information content (AvgIpc) is 3.48. The van der Waals surface area contributed by atoms with E-state index in [0.717, 1.165) is 55.7 Å². The van der Waals surface area contributed by atoms with Crippen LogP contribution in [-0.4, -0.2) is 28.6 Å². The Hall–Kier alpha value is -2.93. The summed E-state index contributed by atoms with van der Waals surface area (Å²) < 4.78 is 27.8. The zero-order chi connectivity index (χ0) is 22.2. The molecule has 1 saturated carbocycles. The Morgan fingerprint density at radius 3 is 2.50 bits per heavy atom. The lowest BCUT2D eigenvalue weighted by atomic mass is 10.1. The fourth-order valence-electron chi connectivity index (χ4n) is 4.94. The number of aromatic nitrogens is 2.